The Bertz CT molecular complexity index is 3210. The monoisotopic (exact) mass is 1060 g/mol. The molecule has 1 aliphatic rings. The third-order valence-corrected chi connectivity index (χ3v) is 12.3. The molecule has 3 aromatic heterocycles. The number of hydrogen-bond donors (Lipinski definition) is 0. The molecule has 0 fully saturated rings. The molecule has 0 amide bonds. The van der Waals surface area contributed by atoms with E-state index in [1.54, 1.807) is 0 Å². The number of aromatic nitrogens is 5. The topological polar surface area (TPSA) is 71.7 Å². The van der Waals surface area contributed by atoms with Crippen LogP contribution in [0, 0.1) is 12.1 Å². The van der Waals surface area contributed by atoms with Gasteiger partial charge in [-0.2, -0.15) is 0 Å². The van der Waals surface area contributed by atoms with Gasteiger partial charge in [0.1, 0.15) is 17.3 Å². The van der Waals surface area contributed by atoms with Crippen molar-refractivity contribution in [1.82, 2.24) is 24.5 Å². The Balaban J connectivity index is 0.00000608. The van der Waals surface area contributed by atoms with Crippen LogP contribution in [-0.2, 0) is 42.7 Å². The number of rotatable bonds is 7. The number of ether oxygens (including phenoxy) is 1. The van der Waals surface area contributed by atoms with Crippen LogP contribution in [0.15, 0.2) is 122 Å². The number of benzene rings is 5. The maximum Gasteiger partial charge on any atom is 2.00 e. The molecule has 0 saturated carbocycles. The summed E-state index contributed by atoms with van der Waals surface area (Å²) in [5, 5.41) is 2.01. The molecule has 8 nitrogen and oxygen atoms in total. The Hall–Kier alpha value is -6.33. The van der Waals surface area contributed by atoms with Crippen molar-refractivity contribution in [1.29, 1.82) is 0 Å². The van der Waals surface area contributed by atoms with E-state index in [4.69, 9.17) is 24.7 Å². The van der Waals surface area contributed by atoms with Gasteiger partial charge in [0.15, 0.2) is 18.7 Å². The fraction of sp³-hybridized carbons (Fsp3) is 0.293. The van der Waals surface area contributed by atoms with Crippen LogP contribution in [0.5, 0.6) is 11.5 Å². The van der Waals surface area contributed by atoms with E-state index in [1.165, 1.54) is 16.7 Å². The van der Waals surface area contributed by atoms with Crippen molar-refractivity contribution in [2.75, 3.05) is 7.05 Å². The molecule has 340 valence electrons. The molecule has 9 rings (SSSR count). The van der Waals surface area contributed by atoms with Crippen LogP contribution in [0.25, 0.3) is 61.8 Å². The van der Waals surface area contributed by atoms with Gasteiger partial charge in [-0.3, -0.25) is 0 Å². The van der Waals surface area contributed by atoms with Crippen molar-refractivity contribution in [3.05, 3.63) is 156 Å². The molecule has 4 heterocycles. The number of hydrogen-bond acceptors (Lipinski definition) is 5. The van der Waals surface area contributed by atoms with E-state index in [0.717, 1.165) is 50.0 Å². The molecule has 0 bridgehead atoms. The van der Waals surface area contributed by atoms with Crippen LogP contribution in [0.4, 0.5) is 5.69 Å². The minimum atomic E-state index is -0.201. The van der Waals surface area contributed by atoms with Crippen LogP contribution >= 0.6 is 0 Å². The fourth-order valence-electron chi connectivity index (χ4n) is 8.20. The van der Waals surface area contributed by atoms with Gasteiger partial charge in [0, 0.05) is 34.3 Å². The van der Waals surface area contributed by atoms with E-state index < -0.39 is 0 Å². The minimum Gasteiger partial charge on any atom is -0.508 e. The normalized spacial score (nSPS) is 13.2. The summed E-state index contributed by atoms with van der Waals surface area (Å²) in [6.07, 6.45) is 5.83. The SMILES string of the molecule is C[N+]1=C=[N+](c2[c-]c(Oc3[c-]c4c(cc3-c3nc(-c5ccc(C(C)(C)C)cc5)nc(-c5ccc(C(C)(C)C)cc5)n3)c3ccccc3n4-c3cc(C(C)(C)C)ccn3)cc(C(C)(C)C)c2)C=C1.[Pt+2]. The number of para-hydroxylation sites is 1. The molecule has 0 N–H and O–H groups in total. The van der Waals surface area contributed by atoms with E-state index in [9.17, 15) is 0 Å². The Morgan fingerprint density at radius 2 is 1.13 bits per heavy atom. The van der Waals surface area contributed by atoms with Crippen molar-refractivity contribution in [3.8, 4) is 51.5 Å². The summed E-state index contributed by atoms with van der Waals surface area (Å²) < 4.78 is 13.2. The third kappa shape index (κ3) is 9.61. The summed E-state index contributed by atoms with van der Waals surface area (Å²) in [6.45, 7) is 26.6. The number of nitrogens with zero attached hydrogens (tertiary/aromatic N) is 7. The van der Waals surface area contributed by atoms with Crippen LogP contribution < -0.4 is 4.74 Å². The summed E-state index contributed by atoms with van der Waals surface area (Å²) in [5.74, 6) is 3.36. The van der Waals surface area contributed by atoms with E-state index in [-0.39, 0.29) is 42.7 Å². The first-order valence-electron chi connectivity index (χ1n) is 22.8. The zero-order valence-corrected chi connectivity index (χ0v) is 43.2. The predicted octanol–water partition coefficient (Wildman–Crippen LogP) is 13.9. The molecular weight excluding hydrogens is 1010 g/mol. The maximum atomic E-state index is 7.16. The van der Waals surface area contributed by atoms with Crippen LogP contribution in [0.2, 0.25) is 0 Å². The van der Waals surface area contributed by atoms with Gasteiger partial charge in [-0.1, -0.05) is 177 Å². The summed E-state index contributed by atoms with van der Waals surface area (Å²) in [7, 11) is 1.96. The predicted molar refractivity (Wildman–Crippen MR) is 268 cm³/mol. The van der Waals surface area contributed by atoms with Crippen molar-refractivity contribution < 1.29 is 35.0 Å². The Morgan fingerprint density at radius 1 is 0.567 bits per heavy atom. The van der Waals surface area contributed by atoms with Crippen molar-refractivity contribution in [2.45, 2.75) is 105 Å². The molecule has 0 radical (unpaired) electrons. The van der Waals surface area contributed by atoms with Gasteiger partial charge in [0.25, 0.3) is 6.20 Å². The molecule has 1 aliphatic heterocycles. The van der Waals surface area contributed by atoms with Gasteiger partial charge < -0.3 is 9.30 Å². The summed E-state index contributed by atoms with van der Waals surface area (Å²) >= 11 is 0. The molecule has 67 heavy (non-hydrogen) atoms. The van der Waals surface area contributed by atoms with Crippen LogP contribution in [-0.4, -0.2) is 46.7 Å². The molecule has 9 heteroatoms. The van der Waals surface area contributed by atoms with Crippen LogP contribution in [0.3, 0.4) is 0 Å². The average Bonchev–Trinajstić information content (AvgIpc) is 3.85. The average molecular weight is 1070 g/mol. The first kappa shape index (κ1) is 47.2. The van der Waals surface area contributed by atoms with E-state index in [1.807, 2.05) is 34.8 Å². The first-order valence-corrected chi connectivity index (χ1v) is 22.8. The van der Waals surface area contributed by atoms with E-state index in [0.29, 0.717) is 34.5 Å². The van der Waals surface area contributed by atoms with E-state index >= 15 is 0 Å². The summed E-state index contributed by atoms with van der Waals surface area (Å²) in [6, 6.07) is 46.9. The van der Waals surface area contributed by atoms with E-state index in [2.05, 4.69) is 209 Å². The largest absolute Gasteiger partial charge is 2.00 e. The first-order chi connectivity index (χ1) is 31.1. The summed E-state index contributed by atoms with van der Waals surface area (Å²) in [4.78, 5) is 20.7. The smallest absolute Gasteiger partial charge is 0.508 e. The maximum absolute atomic E-state index is 7.16. The quantitative estimate of drug-likeness (QED) is 0.117. The van der Waals surface area contributed by atoms with Gasteiger partial charge >= 0.3 is 27.1 Å². The zero-order chi connectivity index (χ0) is 46.9. The molecular formula is C58H59N7OPt+2. The molecule has 5 aromatic carbocycles. The molecule has 0 unspecified atom stereocenters. The molecule has 0 atom stereocenters. The third-order valence-electron chi connectivity index (χ3n) is 12.3. The Labute approximate surface area is 410 Å². The van der Waals surface area contributed by atoms with Crippen LogP contribution in [0.1, 0.15) is 105 Å². The van der Waals surface area contributed by atoms with Gasteiger partial charge in [0.2, 0.25) is 6.20 Å². The van der Waals surface area contributed by atoms with Crippen molar-refractivity contribution in [3.63, 3.8) is 0 Å². The minimum absolute atomic E-state index is 0. The molecule has 8 aromatic rings. The van der Waals surface area contributed by atoms with Gasteiger partial charge in [-0.15, -0.1) is 29.1 Å². The van der Waals surface area contributed by atoms with Gasteiger partial charge in [0.05, 0.1) is 0 Å². The second-order valence-electron chi connectivity index (χ2n) is 21.6. The molecule has 0 aliphatic carbocycles. The Kier molecular flexibility index (Phi) is 12.2. The second-order valence-corrected chi connectivity index (χ2v) is 21.6. The standard InChI is InChI=1S/C58H59N7O.Pt/c1-55(2,3)39-22-18-37(19-23-39)52-60-53(38-20-24-40(25-21-38)56(4,5)6)62-54(61-52)47-34-46-45-16-14-15-17-48(45)65(51-32-41(26-27-59-51)57(7,8)9)49(46)35-50(47)66-44-31-42(58(10,11)12)30-43(33-44)64-29-28-63(13)36-64;/h14-32,34H,1-13H3;/q;+2. The van der Waals surface area contributed by atoms with Gasteiger partial charge in [-0.25, -0.2) is 19.9 Å². The molecule has 0 saturated heterocycles. The Morgan fingerprint density at radius 3 is 1.69 bits per heavy atom. The van der Waals surface area contributed by atoms with Crippen molar-refractivity contribution in [2.24, 2.45) is 0 Å². The van der Waals surface area contributed by atoms with Crippen molar-refractivity contribution >= 4 is 33.5 Å². The summed E-state index contributed by atoms with van der Waals surface area (Å²) in [5.41, 5.74) is 9.47. The second kappa shape index (κ2) is 17.4. The number of pyridine rings is 1. The number of fused-ring (bicyclic) bond motifs is 3. The molecule has 0 spiro atoms. The fourth-order valence-corrected chi connectivity index (χ4v) is 8.20. The van der Waals surface area contributed by atoms with Gasteiger partial charge in [-0.05, 0) is 67.5 Å². The zero-order valence-electron chi connectivity index (χ0n) is 40.9.